The summed E-state index contributed by atoms with van der Waals surface area (Å²) in [5.41, 5.74) is 5.29. The third-order valence-electron chi connectivity index (χ3n) is 5.36. The van der Waals surface area contributed by atoms with Crippen molar-refractivity contribution in [3.05, 3.63) is 106 Å². The zero-order valence-corrected chi connectivity index (χ0v) is 17.0. The molecule has 0 radical (unpaired) electrons. The molecule has 148 valence electrons. The van der Waals surface area contributed by atoms with Gasteiger partial charge in [-0.25, -0.2) is 5.06 Å². The number of aromatic nitrogens is 1. The van der Waals surface area contributed by atoms with Gasteiger partial charge in [-0.1, -0.05) is 60.1 Å². The Balaban J connectivity index is 1.72. The molecular weight excluding hydrogens is 396 g/mol. The van der Waals surface area contributed by atoms with Crippen molar-refractivity contribution in [1.29, 1.82) is 0 Å². The van der Waals surface area contributed by atoms with Crippen LogP contribution in [0.2, 0.25) is 5.02 Å². The Morgan fingerprint density at radius 2 is 1.57 bits per heavy atom. The Labute approximate surface area is 178 Å². The quantitative estimate of drug-likeness (QED) is 0.449. The van der Waals surface area contributed by atoms with Crippen LogP contribution in [0.25, 0.3) is 10.9 Å². The lowest BCUT2D eigenvalue weighted by Crippen LogP contribution is -2.40. The summed E-state index contributed by atoms with van der Waals surface area (Å²) in [5, 5.41) is 23.2. The summed E-state index contributed by atoms with van der Waals surface area (Å²) in [4.78, 5) is 3.43. The highest BCUT2D eigenvalue weighted by Gasteiger charge is 2.35. The van der Waals surface area contributed by atoms with E-state index in [0.29, 0.717) is 16.6 Å². The Morgan fingerprint density at radius 3 is 2.33 bits per heavy atom. The van der Waals surface area contributed by atoms with Crippen LogP contribution in [0.15, 0.2) is 89.1 Å². The van der Waals surface area contributed by atoms with Crippen molar-refractivity contribution in [2.45, 2.75) is 13.0 Å². The molecule has 1 atom stereocenters. The van der Waals surface area contributed by atoms with Crippen molar-refractivity contribution in [1.82, 2.24) is 10.0 Å². The number of nitrogens with one attached hydrogen (secondary N) is 1. The monoisotopic (exact) mass is 414 g/mol. The van der Waals surface area contributed by atoms with Gasteiger partial charge in [0.25, 0.3) is 0 Å². The Bertz CT molecular complexity index is 1280. The third-order valence-corrected chi connectivity index (χ3v) is 5.61. The van der Waals surface area contributed by atoms with Crippen LogP contribution in [-0.4, -0.2) is 26.8 Å². The van der Waals surface area contributed by atoms with Crippen LogP contribution in [0, 0.1) is 6.92 Å². The zero-order valence-electron chi connectivity index (χ0n) is 16.2. The second-order valence-corrected chi connectivity index (χ2v) is 7.67. The SMILES string of the molecule is Cc1[nH]c2ccccc2c1[C@H]1C(c2ccccc2)=NN=C(c2ccc(Cl)cc2)N1O. The number of para-hydroxylation sites is 1. The minimum Gasteiger partial charge on any atom is -0.358 e. The number of benzene rings is 3. The molecule has 6 heteroatoms. The summed E-state index contributed by atoms with van der Waals surface area (Å²) in [5.74, 6) is 0.376. The van der Waals surface area contributed by atoms with Crippen LogP contribution in [0.3, 0.4) is 0 Å². The van der Waals surface area contributed by atoms with E-state index >= 15 is 0 Å². The van der Waals surface area contributed by atoms with Gasteiger partial charge < -0.3 is 4.98 Å². The standard InChI is InChI=1S/C24H19ClN4O/c1-15-21(19-9-5-6-10-20(19)26-15)23-22(16-7-3-2-4-8-16)27-28-24(29(23)30)17-11-13-18(25)14-12-17/h2-14,23,26,30H,1H3/t23-/m0/s1. The number of nitrogens with zero attached hydrogens (tertiary/aromatic N) is 3. The molecule has 0 saturated heterocycles. The normalized spacial score (nSPS) is 16.5. The van der Waals surface area contributed by atoms with Gasteiger partial charge in [-0.3, -0.25) is 5.21 Å². The van der Waals surface area contributed by atoms with Gasteiger partial charge in [-0.05, 0) is 37.3 Å². The fraction of sp³-hybridized carbons (Fsp3) is 0.0833. The maximum absolute atomic E-state index is 11.4. The lowest BCUT2D eigenvalue weighted by Gasteiger charge is -2.32. The van der Waals surface area contributed by atoms with E-state index in [1.165, 1.54) is 5.06 Å². The fourth-order valence-corrected chi connectivity index (χ4v) is 4.09. The lowest BCUT2D eigenvalue weighted by molar-refractivity contribution is -0.0344. The number of amidine groups is 1. The Morgan fingerprint density at radius 1 is 0.867 bits per heavy atom. The predicted molar refractivity (Wildman–Crippen MR) is 120 cm³/mol. The van der Waals surface area contributed by atoms with Crippen LogP contribution in [-0.2, 0) is 0 Å². The third kappa shape index (κ3) is 3.09. The molecule has 1 aliphatic heterocycles. The number of aryl methyl sites for hydroxylation is 1. The highest BCUT2D eigenvalue weighted by Crippen LogP contribution is 2.36. The molecule has 0 spiro atoms. The van der Waals surface area contributed by atoms with Crippen molar-refractivity contribution in [3.8, 4) is 0 Å². The topological polar surface area (TPSA) is 64.0 Å². The average Bonchev–Trinajstić information content (AvgIpc) is 3.10. The van der Waals surface area contributed by atoms with E-state index in [2.05, 4.69) is 21.3 Å². The molecule has 0 amide bonds. The molecule has 1 aliphatic rings. The number of hydroxylamine groups is 2. The molecule has 3 aromatic carbocycles. The first-order chi connectivity index (χ1) is 14.6. The number of fused-ring (bicyclic) bond motifs is 1. The van der Waals surface area contributed by atoms with E-state index < -0.39 is 6.04 Å². The highest BCUT2D eigenvalue weighted by molar-refractivity contribution is 6.30. The first kappa shape index (κ1) is 18.6. The first-order valence-corrected chi connectivity index (χ1v) is 10.0. The second kappa shape index (κ2) is 7.44. The van der Waals surface area contributed by atoms with Gasteiger partial charge in [-0.15, -0.1) is 5.10 Å². The number of halogens is 1. The summed E-state index contributed by atoms with van der Waals surface area (Å²) in [7, 11) is 0. The fourth-order valence-electron chi connectivity index (χ4n) is 3.96. The molecule has 5 rings (SSSR count). The minimum absolute atomic E-state index is 0.376. The molecule has 1 aromatic heterocycles. The van der Waals surface area contributed by atoms with E-state index in [4.69, 9.17) is 11.6 Å². The minimum atomic E-state index is -0.522. The Hall–Kier alpha value is -3.41. The van der Waals surface area contributed by atoms with Crippen LogP contribution >= 0.6 is 11.6 Å². The van der Waals surface area contributed by atoms with Gasteiger partial charge >= 0.3 is 0 Å². The van der Waals surface area contributed by atoms with Crippen molar-refractivity contribution in [3.63, 3.8) is 0 Å². The maximum Gasteiger partial charge on any atom is 0.182 e. The molecule has 0 fully saturated rings. The lowest BCUT2D eigenvalue weighted by atomic mass is 9.93. The smallest absolute Gasteiger partial charge is 0.182 e. The predicted octanol–water partition coefficient (Wildman–Crippen LogP) is 5.73. The number of rotatable bonds is 3. The molecule has 5 nitrogen and oxygen atoms in total. The Kier molecular flexibility index (Phi) is 4.62. The summed E-state index contributed by atoms with van der Waals surface area (Å²) < 4.78 is 0. The number of aromatic amines is 1. The van der Waals surface area contributed by atoms with E-state index in [0.717, 1.165) is 33.3 Å². The molecule has 2 heterocycles. The van der Waals surface area contributed by atoms with Crippen LogP contribution < -0.4 is 0 Å². The van der Waals surface area contributed by atoms with E-state index in [-0.39, 0.29) is 0 Å². The van der Waals surface area contributed by atoms with E-state index in [9.17, 15) is 5.21 Å². The molecule has 0 saturated carbocycles. The van der Waals surface area contributed by atoms with E-state index in [1.807, 2.05) is 67.6 Å². The van der Waals surface area contributed by atoms with Crippen molar-refractivity contribution < 1.29 is 5.21 Å². The molecule has 2 N–H and O–H groups in total. The van der Waals surface area contributed by atoms with Crippen molar-refractivity contribution >= 4 is 34.1 Å². The highest BCUT2D eigenvalue weighted by atomic mass is 35.5. The van der Waals surface area contributed by atoms with Gasteiger partial charge in [0.05, 0.1) is 0 Å². The first-order valence-electron chi connectivity index (χ1n) is 9.65. The van der Waals surface area contributed by atoms with Crippen LogP contribution in [0.5, 0.6) is 0 Å². The zero-order chi connectivity index (χ0) is 20.7. The van der Waals surface area contributed by atoms with Crippen LogP contribution in [0.1, 0.15) is 28.4 Å². The summed E-state index contributed by atoms with van der Waals surface area (Å²) in [6, 6.07) is 24.6. The van der Waals surface area contributed by atoms with Gasteiger partial charge in [0.15, 0.2) is 5.84 Å². The van der Waals surface area contributed by atoms with Gasteiger partial charge in [0, 0.05) is 38.3 Å². The molecule has 4 aromatic rings. The summed E-state index contributed by atoms with van der Waals surface area (Å²) in [6.07, 6.45) is 0. The van der Waals surface area contributed by atoms with Gasteiger partial charge in [0.2, 0.25) is 0 Å². The number of hydrogen-bond acceptors (Lipinski definition) is 4. The van der Waals surface area contributed by atoms with Crippen LogP contribution in [0.4, 0.5) is 0 Å². The molecule has 0 aliphatic carbocycles. The molecule has 30 heavy (non-hydrogen) atoms. The molecule has 0 unspecified atom stereocenters. The van der Waals surface area contributed by atoms with Crippen molar-refractivity contribution in [2.24, 2.45) is 10.2 Å². The van der Waals surface area contributed by atoms with E-state index in [1.54, 1.807) is 12.1 Å². The summed E-state index contributed by atoms with van der Waals surface area (Å²) in [6.45, 7) is 2.01. The van der Waals surface area contributed by atoms with Gasteiger partial charge in [-0.2, -0.15) is 5.10 Å². The molecular formula is C24H19ClN4O. The summed E-state index contributed by atoms with van der Waals surface area (Å²) >= 11 is 6.04. The molecule has 0 bridgehead atoms. The second-order valence-electron chi connectivity index (χ2n) is 7.24. The number of H-pyrrole nitrogens is 1. The van der Waals surface area contributed by atoms with Gasteiger partial charge in [0.1, 0.15) is 11.8 Å². The van der Waals surface area contributed by atoms with Crippen molar-refractivity contribution in [2.75, 3.05) is 0 Å². The average molecular weight is 415 g/mol. The maximum atomic E-state index is 11.4. The number of hydrogen-bond donors (Lipinski definition) is 2. The largest absolute Gasteiger partial charge is 0.358 e.